The van der Waals surface area contributed by atoms with Crippen molar-refractivity contribution in [2.24, 2.45) is 0 Å². The molecule has 0 aliphatic carbocycles. The number of rotatable bonds is 4. The first kappa shape index (κ1) is 21.4. The van der Waals surface area contributed by atoms with Gasteiger partial charge in [0.05, 0.1) is 17.2 Å². The molecule has 2 N–H and O–H groups in total. The van der Waals surface area contributed by atoms with Gasteiger partial charge in [0.25, 0.3) is 0 Å². The van der Waals surface area contributed by atoms with Gasteiger partial charge < -0.3 is 10.4 Å². The molecule has 0 bridgehead atoms. The molecule has 0 amide bonds. The molecule has 2 aromatic rings. The number of aromatic nitrogens is 1. The average Bonchev–Trinajstić information content (AvgIpc) is 2.50. The molecule has 1 unspecified atom stereocenters. The SMILES string of the molecule is CC(C)(C)NCCC(O)c1cc(C(F)(F)F)nc2c(C(F)(F)F)cccc12. The maximum Gasteiger partial charge on any atom is 0.433 e. The maximum absolute atomic E-state index is 13.2. The number of nitrogens with one attached hydrogen (secondary N) is 1. The van der Waals surface area contributed by atoms with Gasteiger partial charge in [0, 0.05) is 10.9 Å². The Labute approximate surface area is 152 Å². The van der Waals surface area contributed by atoms with E-state index in [0.717, 1.165) is 6.07 Å². The molecule has 0 fully saturated rings. The molecule has 0 saturated carbocycles. The number of benzene rings is 1. The first-order valence-electron chi connectivity index (χ1n) is 8.21. The van der Waals surface area contributed by atoms with E-state index in [-0.39, 0.29) is 29.5 Å². The zero-order valence-corrected chi connectivity index (χ0v) is 15.0. The number of fused-ring (bicyclic) bond motifs is 1. The van der Waals surface area contributed by atoms with E-state index in [2.05, 4.69) is 10.3 Å². The van der Waals surface area contributed by atoms with Gasteiger partial charge in [-0.2, -0.15) is 26.3 Å². The molecule has 2 rings (SSSR count). The molecule has 1 aromatic carbocycles. The van der Waals surface area contributed by atoms with Crippen LogP contribution in [-0.2, 0) is 12.4 Å². The highest BCUT2D eigenvalue weighted by atomic mass is 19.4. The largest absolute Gasteiger partial charge is 0.433 e. The third-order valence-electron chi connectivity index (χ3n) is 3.90. The highest BCUT2D eigenvalue weighted by Crippen LogP contribution is 2.39. The Balaban J connectivity index is 2.57. The van der Waals surface area contributed by atoms with Gasteiger partial charge in [-0.3, -0.25) is 0 Å². The van der Waals surface area contributed by atoms with Crippen molar-refractivity contribution in [2.45, 2.75) is 51.2 Å². The molecule has 150 valence electrons. The second-order valence-electron chi connectivity index (χ2n) is 7.28. The van der Waals surface area contributed by atoms with E-state index in [9.17, 15) is 31.4 Å². The molecule has 1 atom stereocenters. The third-order valence-corrected chi connectivity index (χ3v) is 3.90. The van der Waals surface area contributed by atoms with Crippen molar-refractivity contribution in [1.82, 2.24) is 10.3 Å². The molecule has 3 nitrogen and oxygen atoms in total. The van der Waals surface area contributed by atoms with Gasteiger partial charge in [0.2, 0.25) is 0 Å². The summed E-state index contributed by atoms with van der Waals surface area (Å²) in [5.74, 6) is 0. The van der Waals surface area contributed by atoms with Gasteiger partial charge >= 0.3 is 12.4 Å². The first-order chi connectivity index (χ1) is 12.2. The number of alkyl halides is 6. The lowest BCUT2D eigenvalue weighted by Crippen LogP contribution is -2.36. The van der Waals surface area contributed by atoms with Crippen LogP contribution in [0.3, 0.4) is 0 Å². The molecular weight excluding hydrogens is 374 g/mol. The molecule has 0 aliphatic rings. The highest BCUT2D eigenvalue weighted by Gasteiger charge is 2.37. The van der Waals surface area contributed by atoms with E-state index < -0.39 is 35.2 Å². The fourth-order valence-corrected chi connectivity index (χ4v) is 2.66. The molecule has 9 heteroatoms. The minimum absolute atomic E-state index is 0.0317. The number of hydrogen-bond acceptors (Lipinski definition) is 3. The lowest BCUT2D eigenvalue weighted by molar-refractivity contribution is -0.142. The van der Waals surface area contributed by atoms with Gasteiger partial charge in [-0.05, 0) is 51.4 Å². The average molecular weight is 394 g/mol. The number of aliphatic hydroxyl groups is 1. The van der Waals surface area contributed by atoms with Crippen LogP contribution >= 0.6 is 0 Å². The molecule has 27 heavy (non-hydrogen) atoms. The second-order valence-corrected chi connectivity index (χ2v) is 7.28. The van der Waals surface area contributed by atoms with Crippen LogP contribution in [0.15, 0.2) is 24.3 Å². The minimum Gasteiger partial charge on any atom is -0.388 e. The van der Waals surface area contributed by atoms with Crippen LogP contribution in [0.25, 0.3) is 10.9 Å². The predicted octanol–water partition coefficient (Wildman–Crippen LogP) is 5.08. The number of hydrogen-bond donors (Lipinski definition) is 2. The number of para-hydroxylation sites is 1. The van der Waals surface area contributed by atoms with Crippen LogP contribution in [0.2, 0.25) is 0 Å². The summed E-state index contributed by atoms with van der Waals surface area (Å²) in [6.07, 6.45) is -11.2. The van der Waals surface area contributed by atoms with Crippen LogP contribution in [0.4, 0.5) is 26.3 Å². The van der Waals surface area contributed by atoms with Gasteiger partial charge in [-0.15, -0.1) is 0 Å². The smallest absolute Gasteiger partial charge is 0.388 e. The van der Waals surface area contributed by atoms with Crippen LogP contribution in [-0.4, -0.2) is 22.2 Å². The highest BCUT2D eigenvalue weighted by molar-refractivity contribution is 5.86. The van der Waals surface area contributed by atoms with Crippen LogP contribution in [0.5, 0.6) is 0 Å². The van der Waals surface area contributed by atoms with Crippen LogP contribution in [0, 0.1) is 0 Å². The quantitative estimate of drug-likeness (QED) is 0.711. The van der Waals surface area contributed by atoms with Crippen molar-refractivity contribution >= 4 is 10.9 Å². The van der Waals surface area contributed by atoms with Crippen LogP contribution < -0.4 is 5.32 Å². The Hall–Kier alpha value is -1.87. The van der Waals surface area contributed by atoms with E-state index in [4.69, 9.17) is 0 Å². The Bertz CT molecular complexity index is 808. The summed E-state index contributed by atoms with van der Waals surface area (Å²) < 4.78 is 79.1. The second kappa shape index (κ2) is 7.27. The third kappa shape index (κ3) is 5.32. The van der Waals surface area contributed by atoms with Crippen molar-refractivity contribution in [3.63, 3.8) is 0 Å². The van der Waals surface area contributed by atoms with E-state index in [1.54, 1.807) is 0 Å². The summed E-state index contributed by atoms with van der Waals surface area (Å²) >= 11 is 0. The molecule has 0 saturated heterocycles. The van der Waals surface area contributed by atoms with E-state index in [0.29, 0.717) is 12.1 Å². The monoisotopic (exact) mass is 394 g/mol. The zero-order chi connectivity index (χ0) is 20.6. The number of aliphatic hydroxyl groups excluding tert-OH is 1. The summed E-state index contributed by atoms with van der Waals surface area (Å²) in [5.41, 5.74) is -4.07. The normalized spacial score (nSPS) is 14.6. The van der Waals surface area contributed by atoms with Gasteiger partial charge in [-0.1, -0.05) is 12.1 Å². The number of nitrogens with zero attached hydrogens (tertiary/aromatic N) is 1. The Morgan fingerprint density at radius 2 is 1.67 bits per heavy atom. The van der Waals surface area contributed by atoms with Crippen molar-refractivity contribution in [2.75, 3.05) is 6.54 Å². The number of pyridine rings is 1. The minimum atomic E-state index is -4.94. The van der Waals surface area contributed by atoms with Crippen molar-refractivity contribution < 1.29 is 31.4 Å². The maximum atomic E-state index is 13.2. The van der Waals surface area contributed by atoms with Crippen molar-refractivity contribution in [3.05, 3.63) is 41.1 Å². The topological polar surface area (TPSA) is 45.1 Å². The van der Waals surface area contributed by atoms with E-state index >= 15 is 0 Å². The molecule has 0 radical (unpaired) electrons. The molecule has 1 aromatic heterocycles. The van der Waals surface area contributed by atoms with Crippen LogP contribution in [0.1, 0.15) is 50.1 Å². The molecule has 0 spiro atoms. The Morgan fingerprint density at radius 1 is 1.04 bits per heavy atom. The summed E-state index contributed by atoms with van der Waals surface area (Å²) in [6, 6.07) is 3.61. The summed E-state index contributed by atoms with van der Waals surface area (Å²) in [7, 11) is 0. The standard InChI is InChI=1S/C18H20F6N2O/c1-16(2,3)25-8-7-13(27)11-9-14(18(22,23)24)26-15-10(11)5-4-6-12(15)17(19,20)21/h4-6,9,13,25,27H,7-8H2,1-3H3. The summed E-state index contributed by atoms with van der Waals surface area (Å²) in [4.78, 5) is 3.20. The predicted molar refractivity (Wildman–Crippen MR) is 89.1 cm³/mol. The summed E-state index contributed by atoms with van der Waals surface area (Å²) in [6.45, 7) is 5.89. The van der Waals surface area contributed by atoms with E-state index in [1.165, 1.54) is 6.07 Å². The van der Waals surface area contributed by atoms with Crippen molar-refractivity contribution in [1.29, 1.82) is 0 Å². The van der Waals surface area contributed by atoms with Crippen molar-refractivity contribution in [3.8, 4) is 0 Å². The Morgan fingerprint density at radius 3 is 2.19 bits per heavy atom. The lowest BCUT2D eigenvalue weighted by atomic mass is 9.97. The van der Waals surface area contributed by atoms with E-state index in [1.807, 2.05) is 20.8 Å². The fourth-order valence-electron chi connectivity index (χ4n) is 2.66. The zero-order valence-electron chi connectivity index (χ0n) is 15.0. The lowest BCUT2D eigenvalue weighted by Gasteiger charge is -2.23. The first-order valence-corrected chi connectivity index (χ1v) is 8.21. The van der Waals surface area contributed by atoms with Gasteiger partial charge in [0.15, 0.2) is 0 Å². The van der Waals surface area contributed by atoms with Gasteiger partial charge in [-0.25, -0.2) is 4.98 Å². The fraction of sp³-hybridized carbons (Fsp3) is 0.500. The Kier molecular flexibility index (Phi) is 5.77. The van der Waals surface area contributed by atoms with Gasteiger partial charge in [0.1, 0.15) is 5.69 Å². The molecular formula is C18H20F6N2O. The molecule has 0 aliphatic heterocycles. The molecule has 1 heterocycles. The number of halogens is 6. The summed E-state index contributed by atoms with van der Waals surface area (Å²) in [5, 5.41) is 13.3.